The maximum atomic E-state index is 12.2. The summed E-state index contributed by atoms with van der Waals surface area (Å²) in [4.78, 5) is 27.2. The van der Waals surface area contributed by atoms with Crippen LogP contribution in [0.5, 0.6) is 0 Å². The average molecular weight is 283 g/mol. The van der Waals surface area contributed by atoms with E-state index in [1.807, 2.05) is 6.92 Å². The molecule has 2 atom stereocenters. The van der Waals surface area contributed by atoms with Crippen molar-refractivity contribution in [3.05, 3.63) is 0 Å². The molecule has 114 valence electrons. The summed E-state index contributed by atoms with van der Waals surface area (Å²) in [6.45, 7) is 6.11. The molecule has 6 nitrogen and oxygen atoms in total. The lowest BCUT2D eigenvalue weighted by molar-refractivity contribution is -0.143. The molecule has 0 aliphatic carbocycles. The largest absolute Gasteiger partial charge is 0.481 e. The maximum Gasteiger partial charge on any atom is 0.317 e. The first-order chi connectivity index (χ1) is 9.56. The van der Waals surface area contributed by atoms with Gasteiger partial charge in [-0.2, -0.15) is 0 Å². The highest BCUT2D eigenvalue weighted by Gasteiger charge is 2.28. The Labute approximate surface area is 120 Å². The van der Waals surface area contributed by atoms with Crippen molar-refractivity contribution >= 4 is 12.0 Å². The molecule has 2 unspecified atom stereocenters. The number of piperidine rings is 1. The van der Waals surface area contributed by atoms with Crippen LogP contribution < -0.4 is 5.32 Å². The number of hydrogen-bond acceptors (Lipinski definition) is 3. The molecule has 0 bridgehead atoms. The van der Waals surface area contributed by atoms with Gasteiger partial charge in [-0.1, -0.05) is 0 Å². The van der Waals surface area contributed by atoms with E-state index in [9.17, 15) is 9.59 Å². The molecule has 0 aromatic carbocycles. The van der Waals surface area contributed by atoms with Gasteiger partial charge in [0.15, 0.2) is 0 Å². The second kappa shape index (κ2) is 6.92. The summed E-state index contributed by atoms with van der Waals surface area (Å²) < 4.78 is 0. The summed E-state index contributed by atoms with van der Waals surface area (Å²) in [5.41, 5.74) is 0. The molecule has 2 aliphatic heterocycles. The molecule has 0 aromatic rings. The molecule has 2 fully saturated rings. The van der Waals surface area contributed by atoms with Crippen molar-refractivity contribution in [3.63, 3.8) is 0 Å². The van der Waals surface area contributed by atoms with Crippen molar-refractivity contribution in [1.82, 2.24) is 15.1 Å². The van der Waals surface area contributed by atoms with Crippen LogP contribution >= 0.6 is 0 Å². The Morgan fingerprint density at radius 1 is 1.25 bits per heavy atom. The number of carbonyl (C=O) groups excluding carboxylic acids is 1. The summed E-state index contributed by atoms with van der Waals surface area (Å²) in [5.74, 6) is -1.21. The minimum atomic E-state index is -0.799. The second-order valence-electron chi connectivity index (χ2n) is 5.98. The first-order valence-electron chi connectivity index (χ1n) is 7.57. The lowest BCUT2D eigenvalue weighted by Crippen LogP contribution is -2.51. The fourth-order valence-corrected chi connectivity index (χ4v) is 3.06. The molecule has 2 N–H and O–H groups in total. The lowest BCUT2D eigenvalue weighted by Gasteiger charge is -2.32. The number of nitrogens with zero attached hydrogens (tertiary/aromatic N) is 2. The monoisotopic (exact) mass is 283 g/mol. The second-order valence-corrected chi connectivity index (χ2v) is 5.98. The van der Waals surface area contributed by atoms with Crippen molar-refractivity contribution in [2.45, 2.75) is 38.6 Å². The first-order valence-corrected chi connectivity index (χ1v) is 7.57. The van der Waals surface area contributed by atoms with E-state index in [1.165, 1.54) is 12.8 Å². The molecule has 0 radical (unpaired) electrons. The molecule has 0 spiro atoms. The molecule has 2 aliphatic rings. The standard InChI is InChI=1S/C14H25N3O3/c1-11(9-16-6-2-3-7-16)15-14(20)17-8-4-5-12(10-17)13(18)19/h11-12H,2-10H2,1H3,(H,15,20)(H,18,19). The number of carboxylic acids is 1. The van der Waals surface area contributed by atoms with E-state index >= 15 is 0 Å². The molecular formula is C14H25N3O3. The molecule has 2 saturated heterocycles. The van der Waals surface area contributed by atoms with Crippen LogP contribution in [-0.4, -0.2) is 65.7 Å². The average Bonchev–Trinajstić information content (AvgIpc) is 2.91. The van der Waals surface area contributed by atoms with Gasteiger partial charge >= 0.3 is 12.0 Å². The van der Waals surface area contributed by atoms with Gasteiger partial charge in [-0.3, -0.25) is 4.79 Å². The summed E-state index contributed by atoms with van der Waals surface area (Å²) >= 11 is 0. The van der Waals surface area contributed by atoms with Crippen molar-refractivity contribution in [1.29, 1.82) is 0 Å². The van der Waals surface area contributed by atoms with Crippen molar-refractivity contribution in [2.24, 2.45) is 5.92 Å². The van der Waals surface area contributed by atoms with Gasteiger partial charge in [-0.05, 0) is 45.7 Å². The molecular weight excluding hydrogens is 258 g/mol. The Morgan fingerprint density at radius 2 is 1.95 bits per heavy atom. The van der Waals surface area contributed by atoms with Gasteiger partial charge < -0.3 is 20.2 Å². The smallest absolute Gasteiger partial charge is 0.317 e. The molecule has 0 saturated carbocycles. The number of nitrogens with one attached hydrogen (secondary N) is 1. The van der Waals surface area contributed by atoms with Crippen LogP contribution in [0.15, 0.2) is 0 Å². The topological polar surface area (TPSA) is 72.9 Å². The fraction of sp³-hybridized carbons (Fsp3) is 0.857. The fourth-order valence-electron chi connectivity index (χ4n) is 3.06. The molecule has 2 heterocycles. The summed E-state index contributed by atoms with van der Waals surface area (Å²) in [6, 6.07) is -0.0200. The van der Waals surface area contributed by atoms with E-state index in [2.05, 4.69) is 10.2 Å². The number of carboxylic acid groups (broad SMARTS) is 1. The van der Waals surface area contributed by atoms with Crippen LogP contribution in [0.4, 0.5) is 4.79 Å². The summed E-state index contributed by atoms with van der Waals surface area (Å²) in [5, 5.41) is 12.0. The number of likely N-dealkylation sites (tertiary alicyclic amines) is 2. The molecule has 6 heteroatoms. The first kappa shape index (κ1) is 15.1. The predicted octanol–water partition coefficient (Wildman–Crippen LogP) is 0.977. The minimum Gasteiger partial charge on any atom is -0.481 e. The summed E-state index contributed by atoms with van der Waals surface area (Å²) in [6.07, 6.45) is 3.92. The lowest BCUT2D eigenvalue weighted by atomic mass is 9.99. The van der Waals surface area contributed by atoms with Crippen molar-refractivity contribution in [2.75, 3.05) is 32.7 Å². The van der Waals surface area contributed by atoms with Gasteiger partial charge in [0.05, 0.1) is 5.92 Å². The zero-order chi connectivity index (χ0) is 14.5. The van der Waals surface area contributed by atoms with Crippen LogP contribution in [0.3, 0.4) is 0 Å². The normalized spacial score (nSPS) is 25.4. The van der Waals surface area contributed by atoms with E-state index < -0.39 is 11.9 Å². The van der Waals surface area contributed by atoms with Crippen LogP contribution in [0, 0.1) is 5.92 Å². The molecule has 2 rings (SSSR count). The zero-order valence-corrected chi connectivity index (χ0v) is 12.2. The number of amides is 2. The van der Waals surface area contributed by atoms with Crippen LogP contribution in [0.2, 0.25) is 0 Å². The Kier molecular flexibility index (Phi) is 5.23. The quantitative estimate of drug-likeness (QED) is 0.806. The highest BCUT2D eigenvalue weighted by atomic mass is 16.4. The maximum absolute atomic E-state index is 12.2. The number of hydrogen-bond donors (Lipinski definition) is 2. The molecule has 0 aromatic heterocycles. The highest BCUT2D eigenvalue weighted by molar-refractivity contribution is 5.76. The third kappa shape index (κ3) is 4.10. The number of carbonyl (C=O) groups is 2. The van der Waals surface area contributed by atoms with Crippen molar-refractivity contribution < 1.29 is 14.7 Å². The van der Waals surface area contributed by atoms with Gasteiger partial charge in [-0.25, -0.2) is 4.79 Å². The zero-order valence-electron chi connectivity index (χ0n) is 12.2. The van der Waals surface area contributed by atoms with E-state index in [1.54, 1.807) is 4.90 Å². The van der Waals surface area contributed by atoms with Crippen LogP contribution in [0.25, 0.3) is 0 Å². The van der Waals surface area contributed by atoms with Gasteiger partial charge in [0.2, 0.25) is 0 Å². The van der Waals surface area contributed by atoms with Crippen LogP contribution in [-0.2, 0) is 4.79 Å². The van der Waals surface area contributed by atoms with Gasteiger partial charge in [-0.15, -0.1) is 0 Å². The van der Waals surface area contributed by atoms with Crippen LogP contribution in [0.1, 0.15) is 32.6 Å². The Bertz CT molecular complexity index is 356. The van der Waals surface area contributed by atoms with E-state index in [4.69, 9.17) is 5.11 Å². The Hall–Kier alpha value is -1.30. The van der Waals surface area contributed by atoms with E-state index in [0.29, 0.717) is 19.5 Å². The molecule has 20 heavy (non-hydrogen) atoms. The third-order valence-corrected chi connectivity index (χ3v) is 4.16. The van der Waals surface area contributed by atoms with Gasteiger partial charge in [0.25, 0.3) is 0 Å². The summed E-state index contributed by atoms with van der Waals surface area (Å²) in [7, 11) is 0. The number of rotatable bonds is 4. The number of urea groups is 1. The third-order valence-electron chi connectivity index (χ3n) is 4.16. The number of aliphatic carboxylic acids is 1. The predicted molar refractivity (Wildman–Crippen MR) is 75.6 cm³/mol. The van der Waals surface area contributed by atoms with Gasteiger partial charge in [0.1, 0.15) is 0 Å². The van der Waals surface area contributed by atoms with E-state index in [0.717, 1.165) is 26.1 Å². The molecule has 2 amide bonds. The van der Waals surface area contributed by atoms with Crippen molar-refractivity contribution in [3.8, 4) is 0 Å². The Balaban J connectivity index is 1.76. The Morgan fingerprint density at radius 3 is 2.60 bits per heavy atom. The SMILES string of the molecule is CC(CN1CCCC1)NC(=O)N1CCCC(C(=O)O)C1. The van der Waals surface area contributed by atoms with Gasteiger partial charge in [0, 0.05) is 25.7 Å². The minimum absolute atomic E-state index is 0.103. The highest BCUT2D eigenvalue weighted by Crippen LogP contribution is 2.16. The van der Waals surface area contributed by atoms with E-state index in [-0.39, 0.29) is 12.1 Å².